The molecule has 7 aromatic carbocycles. The maximum Gasteiger partial charge on any atom is 0.0971 e. The highest BCUT2D eigenvalue weighted by atomic mass is 15.2. The van der Waals surface area contributed by atoms with Crippen LogP contribution in [-0.4, -0.2) is 9.97 Å². The van der Waals surface area contributed by atoms with Gasteiger partial charge in [0, 0.05) is 45.4 Å². The number of fused-ring (bicyclic) bond motifs is 10. The highest BCUT2D eigenvalue weighted by Crippen LogP contribution is 2.54. The average molecular weight is 645 g/mol. The van der Waals surface area contributed by atoms with Crippen molar-refractivity contribution < 1.29 is 0 Å². The van der Waals surface area contributed by atoms with Gasteiger partial charge in [0.05, 0.1) is 33.8 Å². The van der Waals surface area contributed by atoms with E-state index < -0.39 is 0 Å². The summed E-state index contributed by atoms with van der Waals surface area (Å²) in [7, 11) is 0. The van der Waals surface area contributed by atoms with Crippen molar-refractivity contribution in [1.82, 2.24) is 9.97 Å². The van der Waals surface area contributed by atoms with E-state index in [9.17, 15) is 0 Å². The van der Waals surface area contributed by atoms with Gasteiger partial charge in [-0.05, 0) is 81.6 Å². The minimum atomic E-state index is -0.122. The molecule has 0 radical (unpaired) electrons. The van der Waals surface area contributed by atoms with Crippen LogP contribution in [0.4, 0.5) is 34.1 Å². The molecule has 4 heteroatoms. The third kappa shape index (κ3) is 3.87. The van der Waals surface area contributed by atoms with Crippen LogP contribution in [0, 0.1) is 0 Å². The van der Waals surface area contributed by atoms with E-state index >= 15 is 0 Å². The zero-order valence-electron chi connectivity index (χ0n) is 28.6. The second-order valence-electron chi connectivity index (χ2n) is 14.7. The second-order valence-corrected chi connectivity index (χ2v) is 14.7. The molecule has 0 atom stereocenters. The van der Waals surface area contributed by atoms with Crippen molar-refractivity contribution in [1.29, 1.82) is 0 Å². The van der Waals surface area contributed by atoms with Gasteiger partial charge in [0.2, 0.25) is 0 Å². The van der Waals surface area contributed by atoms with Crippen molar-refractivity contribution in [2.45, 2.75) is 38.5 Å². The molecule has 10 rings (SSSR count). The fourth-order valence-corrected chi connectivity index (χ4v) is 8.83. The van der Waals surface area contributed by atoms with Crippen LogP contribution in [0.3, 0.4) is 0 Å². The molecule has 0 saturated heterocycles. The van der Waals surface area contributed by atoms with Gasteiger partial charge in [0.25, 0.3) is 0 Å². The third-order valence-electron chi connectivity index (χ3n) is 11.3. The third-order valence-corrected chi connectivity index (χ3v) is 11.3. The standard InChI is InChI=1S/C46H36N4/c1-45(2)35-13-5-9-17-39(35)49(40-18-10-6-14-36(40)45)29-21-23-31-33(27-29)34-28-30(22-24-32(34)44-43(31)47-25-26-48-44)50-41-19-11-7-15-37(41)46(3,4)38-16-8-12-20-42(38)50/h5-28H,1-4H3. The second kappa shape index (κ2) is 10.3. The van der Waals surface area contributed by atoms with Gasteiger partial charge >= 0.3 is 0 Å². The highest BCUT2D eigenvalue weighted by molar-refractivity contribution is 6.24. The maximum atomic E-state index is 4.89. The number of hydrogen-bond donors (Lipinski definition) is 0. The topological polar surface area (TPSA) is 32.3 Å². The predicted molar refractivity (Wildman–Crippen MR) is 208 cm³/mol. The van der Waals surface area contributed by atoms with E-state index in [4.69, 9.17) is 9.97 Å². The van der Waals surface area contributed by atoms with E-state index in [1.54, 1.807) is 12.4 Å². The molecule has 0 fully saturated rings. The van der Waals surface area contributed by atoms with E-state index in [0.717, 1.165) is 44.0 Å². The minimum Gasteiger partial charge on any atom is -0.310 e. The molecule has 0 bridgehead atoms. The summed E-state index contributed by atoms with van der Waals surface area (Å²) in [5.41, 5.74) is 14.0. The van der Waals surface area contributed by atoms with Crippen molar-refractivity contribution in [2.24, 2.45) is 0 Å². The molecule has 0 spiro atoms. The first-order valence-electron chi connectivity index (χ1n) is 17.4. The van der Waals surface area contributed by atoms with Crippen LogP contribution in [0.25, 0.3) is 32.6 Å². The maximum absolute atomic E-state index is 4.89. The van der Waals surface area contributed by atoms with Gasteiger partial charge in [-0.15, -0.1) is 0 Å². The molecule has 0 saturated carbocycles. The molecule has 0 aliphatic carbocycles. The van der Waals surface area contributed by atoms with E-state index in [-0.39, 0.29) is 10.8 Å². The Labute approximate surface area is 292 Å². The molecule has 4 nitrogen and oxygen atoms in total. The van der Waals surface area contributed by atoms with Gasteiger partial charge in [0.15, 0.2) is 0 Å². The van der Waals surface area contributed by atoms with Crippen molar-refractivity contribution in [3.63, 3.8) is 0 Å². The fraction of sp³-hybridized carbons (Fsp3) is 0.130. The number of rotatable bonds is 2. The lowest BCUT2D eigenvalue weighted by Crippen LogP contribution is -2.30. The Balaban J connectivity index is 1.26. The monoisotopic (exact) mass is 644 g/mol. The Morgan fingerprint density at radius 2 is 0.700 bits per heavy atom. The zero-order valence-corrected chi connectivity index (χ0v) is 28.6. The molecular weight excluding hydrogens is 609 g/mol. The van der Waals surface area contributed by atoms with Crippen LogP contribution < -0.4 is 9.80 Å². The van der Waals surface area contributed by atoms with E-state index in [1.165, 1.54) is 45.0 Å². The lowest BCUT2D eigenvalue weighted by atomic mass is 9.73. The largest absolute Gasteiger partial charge is 0.310 e. The normalized spacial score (nSPS) is 15.4. The quantitative estimate of drug-likeness (QED) is 0.175. The summed E-state index contributed by atoms with van der Waals surface area (Å²) < 4.78 is 0. The van der Waals surface area contributed by atoms with Crippen LogP contribution in [0.15, 0.2) is 146 Å². The van der Waals surface area contributed by atoms with Crippen LogP contribution in [0.2, 0.25) is 0 Å². The minimum absolute atomic E-state index is 0.122. The molecule has 240 valence electrons. The molecule has 50 heavy (non-hydrogen) atoms. The lowest BCUT2D eigenvalue weighted by molar-refractivity contribution is 0.632. The van der Waals surface area contributed by atoms with Gasteiger partial charge in [0.1, 0.15) is 0 Å². The first kappa shape index (κ1) is 29.0. The van der Waals surface area contributed by atoms with Gasteiger partial charge in [-0.1, -0.05) is 113 Å². The number of hydrogen-bond acceptors (Lipinski definition) is 4. The molecule has 1 aromatic heterocycles. The Morgan fingerprint density at radius 3 is 1.04 bits per heavy atom. The number of benzene rings is 7. The summed E-state index contributed by atoms with van der Waals surface area (Å²) in [5.74, 6) is 0. The van der Waals surface area contributed by atoms with Gasteiger partial charge in [-0.25, -0.2) is 0 Å². The molecule has 2 aliphatic rings. The molecule has 0 amide bonds. The molecule has 0 unspecified atom stereocenters. The smallest absolute Gasteiger partial charge is 0.0971 e. The summed E-state index contributed by atoms with van der Waals surface area (Å²) in [6, 6.07) is 49.1. The highest BCUT2D eigenvalue weighted by Gasteiger charge is 2.38. The van der Waals surface area contributed by atoms with E-state index in [0.29, 0.717) is 0 Å². The molecule has 3 heterocycles. The van der Waals surface area contributed by atoms with Crippen LogP contribution >= 0.6 is 0 Å². The molecule has 8 aromatic rings. The molecule has 2 aliphatic heterocycles. The van der Waals surface area contributed by atoms with Crippen molar-refractivity contribution >= 4 is 66.7 Å². The predicted octanol–water partition coefficient (Wildman–Crippen LogP) is 12.2. The summed E-state index contributed by atoms with van der Waals surface area (Å²) >= 11 is 0. The number of anilines is 6. The zero-order chi connectivity index (χ0) is 33.8. The summed E-state index contributed by atoms with van der Waals surface area (Å²) in [4.78, 5) is 14.7. The summed E-state index contributed by atoms with van der Waals surface area (Å²) in [5, 5.41) is 4.51. The van der Waals surface area contributed by atoms with Gasteiger partial charge in [-0.2, -0.15) is 0 Å². The Kier molecular flexibility index (Phi) is 5.94. The molecular formula is C46H36N4. The number of para-hydroxylation sites is 4. The van der Waals surface area contributed by atoms with E-state index in [1.807, 2.05) is 0 Å². The van der Waals surface area contributed by atoms with Crippen molar-refractivity contribution in [3.05, 3.63) is 168 Å². The van der Waals surface area contributed by atoms with Gasteiger partial charge in [-0.3, -0.25) is 9.97 Å². The van der Waals surface area contributed by atoms with Crippen LogP contribution in [-0.2, 0) is 10.8 Å². The van der Waals surface area contributed by atoms with E-state index in [2.05, 4.69) is 171 Å². The van der Waals surface area contributed by atoms with Crippen molar-refractivity contribution in [3.8, 4) is 0 Å². The summed E-state index contributed by atoms with van der Waals surface area (Å²) in [6.45, 7) is 9.33. The summed E-state index contributed by atoms with van der Waals surface area (Å²) in [6.07, 6.45) is 3.61. The van der Waals surface area contributed by atoms with Gasteiger partial charge < -0.3 is 9.80 Å². The average Bonchev–Trinajstić information content (AvgIpc) is 3.15. The molecule has 0 N–H and O–H groups in total. The Hall–Kier alpha value is -6.00. The van der Waals surface area contributed by atoms with Crippen molar-refractivity contribution in [2.75, 3.05) is 9.80 Å². The number of nitrogens with zero attached hydrogens (tertiary/aromatic N) is 4. The Morgan fingerprint density at radius 1 is 0.380 bits per heavy atom. The first-order valence-corrected chi connectivity index (χ1v) is 17.4. The Bertz CT molecular complexity index is 2400. The van der Waals surface area contributed by atoms with Crippen LogP contribution in [0.5, 0.6) is 0 Å². The number of aromatic nitrogens is 2. The lowest BCUT2D eigenvalue weighted by Gasteiger charge is -2.42. The first-order chi connectivity index (χ1) is 24.3. The SMILES string of the molecule is CC1(C)c2ccccc2N(c2ccc3c(c2)c2cc(N4c5ccccc5C(C)(C)c5ccccc54)ccc2c2nccnc32)c2ccccc21. The fourth-order valence-electron chi connectivity index (χ4n) is 8.83. The van der Waals surface area contributed by atoms with Crippen LogP contribution in [0.1, 0.15) is 49.9 Å².